The summed E-state index contributed by atoms with van der Waals surface area (Å²) in [6, 6.07) is 7.31. The zero-order valence-corrected chi connectivity index (χ0v) is 11.1. The van der Waals surface area contributed by atoms with Crippen LogP contribution in [0.1, 0.15) is 21.5 Å². The molecule has 0 bridgehead atoms. The molecule has 2 aromatic carbocycles. The molecule has 0 aliphatic heterocycles. The van der Waals surface area contributed by atoms with Crippen LogP contribution < -0.4 is 11.1 Å². The molecule has 0 saturated carbocycles. The van der Waals surface area contributed by atoms with Crippen molar-refractivity contribution in [2.75, 3.05) is 11.1 Å². The molecule has 0 aromatic heterocycles. The number of aryl methyl sites for hydroxylation is 1. The Morgan fingerprint density at radius 2 is 1.85 bits per heavy atom. The van der Waals surface area contributed by atoms with Gasteiger partial charge in [0.25, 0.3) is 5.91 Å². The number of hydrogen-bond acceptors (Lipinski definition) is 2. The molecule has 20 heavy (non-hydrogen) atoms. The van der Waals surface area contributed by atoms with E-state index in [1.165, 1.54) is 13.0 Å². The molecular formula is C15H14F2N2O. The maximum Gasteiger partial charge on any atom is 0.261 e. The van der Waals surface area contributed by atoms with Crippen LogP contribution in [0.2, 0.25) is 0 Å². The van der Waals surface area contributed by atoms with Crippen molar-refractivity contribution in [1.82, 2.24) is 0 Å². The standard InChI is InChI=1S/C15H14F2N2O/c1-8-6-7-10(16)13(14(8)17)15(20)19-12-5-3-4-11(18)9(12)2/h3-7H,18H2,1-2H3,(H,19,20). The average Bonchev–Trinajstić information content (AvgIpc) is 2.40. The van der Waals surface area contributed by atoms with Crippen LogP contribution in [0.5, 0.6) is 0 Å². The number of nitrogen functional groups attached to an aromatic ring is 1. The highest BCUT2D eigenvalue weighted by Gasteiger charge is 2.19. The van der Waals surface area contributed by atoms with Crippen LogP contribution in [-0.2, 0) is 0 Å². The van der Waals surface area contributed by atoms with E-state index in [1.54, 1.807) is 25.1 Å². The van der Waals surface area contributed by atoms with Crippen LogP contribution in [0, 0.1) is 25.5 Å². The van der Waals surface area contributed by atoms with Crippen molar-refractivity contribution >= 4 is 17.3 Å². The Morgan fingerprint density at radius 3 is 2.55 bits per heavy atom. The Hall–Kier alpha value is -2.43. The van der Waals surface area contributed by atoms with Gasteiger partial charge >= 0.3 is 0 Å². The van der Waals surface area contributed by atoms with Crippen molar-refractivity contribution in [3.05, 3.63) is 58.7 Å². The van der Waals surface area contributed by atoms with Crippen LogP contribution >= 0.6 is 0 Å². The monoisotopic (exact) mass is 276 g/mol. The van der Waals surface area contributed by atoms with Gasteiger partial charge in [-0.05, 0) is 43.2 Å². The Balaban J connectivity index is 2.39. The predicted molar refractivity (Wildman–Crippen MR) is 74.6 cm³/mol. The van der Waals surface area contributed by atoms with Crippen molar-refractivity contribution in [3.8, 4) is 0 Å². The number of nitrogens with one attached hydrogen (secondary N) is 1. The summed E-state index contributed by atoms with van der Waals surface area (Å²) in [5.74, 6) is -2.59. The maximum atomic E-state index is 13.9. The lowest BCUT2D eigenvalue weighted by molar-refractivity contribution is 0.101. The predicted octanol–water partition coefficient (Wildman–Crippen LogP) is 3.42. The number of carbonyl (C=O) groups is 1. The van der Waals surface area contributed by atoms with Crippen molar-refractivity contribution in [1.29, 1.82) is 0 Å². The first-order valence-electron chi connectivity index (χ1n) is 6.03. The molecule has 3 N–H and O–H groups in total. The zero-order chi connectivity index (χ0) is 14.9. The summed E-state index contributed by atoms with van der Waals surface area (Å²) in [7, 11) is 0. The van der Waals surface area contributed by atoms with E-state index in [-0.39, 0.29) is 5.56 Å². The fourth-order valence-electron chi connectivity index (χ4n) is 1.84. The molecule has 0 aliphatic rings. The van der Waals surface area contributed by atoms with E-state index < -0.39 is 23.1 Å². The minimum atomic E-state index is -0.896. The molecule has 0 saturated heterocycles. The second-order valence-corrected chi connectivity index (χ2v) is 4.53. The summed E-state index contributed by atoms with van der Waals surface area (Å²) in [4.78, 5) is 12.0. The topological polar surface area (TPSA) is 55.1 Å². The second-order valence-electron chi connectivity index (χ2n) is 4.53. The molecular weight excluding hydrogens is 262 g/mol. The van der Waals surface area contributed by atoms with Crippen LogP contribution in [-0.4, -0.2) is 5.91 Å². The van der Waals surface area contributed by atoms with E-state index in [0.717, 1.165) is 6.07 Å². The summed E-state index contributed by atoms with van der Waals surface area (Å²) in [5.41, 5.74) is 6.90. The van der Waals surface area contributed by atoms with Gasteiger partial charge in [-0.15, -0.1) is 0 Å². The number of rotatable bonds is 2. The lowest BCUT2D eigenvalue weighted by atomic mass is 10.1. The Labute approximate surface area is 115 Å². The smallest absolute Gasteiger partial charge is 0.261 e. The molecule has 1 amide bonds. The third kappa shape index (κ3) is 2.47. The van der Waals surface area contributed by atoms with Crippen LogP contribution in [0.25, 0.3) is 0 Å². The zero-order valence-electron chi connectivity index (χ0n) is 11.1. The third-order valence-corrected chi connectivity index (χ3v) is 3.14. The highest BCUT2D eigenvalue weighted by atomic mass is 19.1. The van der Waals surface area contributed by atoms with E-state index in [9.17, 15) is 13.6 Å². The molecule has 3 nitrogen and oxygen atoms in total. The Kier molecular flexibility index (Phi) is 3.70. The summed E-state index contributed by atoms with van der Waals surface area (Å²) in [5, 5.41) is 2.48. The average molecular weight is 276 g/mol. The SMILES string of the molecule is Cc1ccc(F)c(C(=O)Nc2cccc(N)c2C)c1F. The van der Waals surface area contributed by atoms with Crippen molar-refractivity contribution in [2.45, 2.75) is 13.8 Å². The molecule has 104 valence electrons. The van der Waals surface area contributed by atoms with Gasteiger partial charge in [0.1, 0.15) is 17.2 Å². The minimum absolute atomic E-state index is 0.209. The first-order chi connectivity index (χ1) is 9.41. The van der Waals surface area contributed by atoms with Gasteiger partial charge < -0.3 is 11.1 Å². The lowest BCUT2D eigenvalue weighted by Gasteiger charge is -2.11. The van der Waals surface area contributed by atoms with Gasteiger partial charge in [0, 0.05) is 11.4 Å². The molecule has 5 heteroatoms. The van der Waals surface area contributed by atoms with E-state index in [4.69, 9.17) is 5.73 Å². The van der Waals surface area contributed by atoms with Gasteiger partial charge in [0.05, 0.1) is 0 Å². The molecule has 0 unspecified atom stereocenters. The van der Waals surface area contributed by atoms with E-state index in [0.29, 0.717) is 16.9 Å². The van der Waals surface area contributed by atoms with Crippen molar-refractivity contribution in [2.24, 2.45) is 0 Å². The largest absolute Gasteiger partial charge is 0.398 e. The molecule has 2 rings (SSSR count). The number of anilines is 2. The van der Waals surface area contributed by atoms with Gasteiger partial charge in [-0.25, -0.2) is 8.78 Å². The van der Waals surface area contributed by atoms with Crippen molar-refractivity contribution in [3.63, 3.8) is 0 Å². The van der Waals surface area contributed by atoms with E-state index in [2.05, 4.69) is 5.32 Å². The lowest BCUT2D eigenvalue weighted by Crippen LogP contribution is -2.17. The summed E-state index contributed by atoms with van der Waals surface area (Å²) < 4.78 is 27.5. The first kappa shape index (κ1) is 14.0. The number of carbonyl (C=O) groups excluding carboxylic acids is 1. The highest BCUT2D eigenvalue weighted by molar-refractivity contribution is 6.05. The first-order valence-corrected chi connectivity index (χ1v) is 6.03. The molecule has 0 atom stereocenters. The van der Waals surface area contributed by atoms with Crippen LogP contribution in [0.3, 0.4) is 0 Å². The fourth-order valence-corrected chi connectivity index (χ4v) is 1.84. The molecule has 0 spiro atoms. The Bertz CT molecular complexity index is 684. The number of hydrogen-bond donors (Lipinski definition) is 2. The molecule has 2 aromatic rings. The highest BCUT2D eigenvalue weighted by Crippen LogP contribution is 2.23. The molecule has 0 radical (unpaired) electrons. The summed E-state index contributed by atoms with van der Waals surface area (Å²) >= 11 is 0. The van der Waals surface area contributed by atoms with Gasteiger partial charge in [-0.3, -0.25) is 4.79 Å². The van der Waals surface area contributed by atoms with Gasteiger partial charge in [0.15, 0.2) is 0 Å². The fraction of sp³-hybridized carbons (Fsp3) is 0.133. The van der Waals surface area contributed by atoms with Gasteiger partial charge in [-0.1, -0.05) is 12.1 Å². The summed E-state index contributed by atoms with van der Waals surface area (Å²) in [6.45, 7) is 3.19. The second kappa shape index (κ2) is 5.28. The quantitative estimate of drug-likeness (QED) is 0.826. The minimum Gasteiger partial charge on any atom is -0.398 e. The third-order valence-electron chi connectivity index (χ3n) is 3.14. The van der Waals surface area contributed by atoms with E-state index in [1.807, 2.05) is 0 Å². The molecule has 0 aliphatic carbocycles. The number of benzene rings is 2. The number of amides is 1. The van der Waals surface area contributed by atoms with Crippen LogP contribution in [0.15, 0.2) is 30.3 Å². The normalized spacial score (nSPS) is 10.4. The number of halogens is 2. The molecule has 0 fully saturated rings. The van der Waals surface area contributed by atoms with Gasteiger partial charge in [-0.2, -0.15) is 0 Å². The van der Waals surface area contributed by atoms with Gasteiger partial charge in [0.2, 0.25) is 0 Å². The molecule has 0 heterocycles. The van der Waals surface area contributed by atoms with Crippen LogP contribution in [0.4, 0.5) is 20.2 Å². The summed E-state index contributed by atoms with van der Waals surface area (Å²) in [6.07, 6.45) is 0. The number of nitrogens with two attached hydrogens (primary N) is 1. The van der Waals surface area contributed by atoms with E-state index >= 15 is 0 Å². The Morgan fingerprint density at radius 1 is 1.15 bits per heavy atom. The van der Waals surface area contributed by atoms with Crippen molar-refractivity contribution < 1.29 is 13.6 Å². The maximum absolute atomic E-state index is 13.9.